The lowest BCUT2D eigenvalue weighted by Crippen LogP contribution is -2.55. The smallest absolute Gasteiger partial charge is 0.410 e. The molecule has 1 saturated heterocycles. The van der Waals surface area contributed by atoms with E-state index in [1.54, 1.807) is 4.90 Å². The van der Waals surface area contributed by atoms with Gasteiger partial charge in [-0.25, -0.2) is 4.79 Å². The normalized spacial score (nSPS) is 19.3. The molecule has 3 unspecified atom stereocenters. The van der Waals surface area contributed by atoms with Crippen LogP contribution in [0.5, 0.6) is 0 Å². The van der Waals surface area contributed by atoms with Gasteiger partial charge in [-0.05, 0) is 53.7 Å². The number of hydrogen-bond acceptors (Lipinski definition) is 5. The van der Waals surface area contributed by atoms with Crippen molar-refractivity contribution in [2.45, 2.75) is 70.8 Å². The van der Waals surface area contributed by atoms with Gasteiger partial charge in [0.25, 0.3) is 0 Å². The first-order valence-electron chi connectivity index (χ1n) is 14.9. The number of carbonyl (C=O) groups excluding carboxylic acids is 2. The molecule has 1 aliphatic rings. The summed E-state index contributed by atoms with van der Waals surface area (Å²) in [7, 11) is -2.10. The molecule has 0 spiro atoms. The monoisotopic (exact) mass is 587 g/mol. The predicted octanol–water partition coefficient (Wildman–Crippen LogP) is 8.05. The Morgan fingerprint density at radius 2 is 1.52 bits per heavy atom. The number of benzene rings is 3. The van der Waals surface area contributed by atoms with Crippen LogP contribution in [0.4, 0.5) is 4.79 Å². The van der Waals surface area contributed by atoms with E-state index in [0.29, 0.717) is 13.0 Å². The topological polar surface area (TPSA) is 65.1 Å². The van der Waals surface area contributed by atoms with Crippen LogP contribution in [0.1, 0.15) is 51.2 Å². The third kappa shape index (κ3) is 7.69. The fraction of sp³-hybridized carbons (Fsp3) is 0.429. The number of hydrogen-bond donors (Lipinski definition) is 0. The Balaban J connectivity index is 1.66. The lowest BCUT2D eigenvalue weighted by Gasteiger charge is -2.44. The second-order valence-electron chi connectivity index (χ2n) is 12.6. The van der Waals surface area contributed by atoms with Crippen molar-refractivity contribution in [3.8, 4) is 11.1 Å². The van der Waals surface area contributed by atoms with Gasteiger partial charge in [-0.3, -0.25) is 4.79 Å². The maximum absolute atomic E-state index is 13.6. The zero-order valence-corrected chi connectivity index (χ0v) is 26.8. The summed E-state index contributed by atoms with van der Waals surface area (Å²) in [6.07, 6.45) is 0.130. The SMILES string of the molecule is CCOC(=O)C1CN(C(=O)OCc2ccccc2)C(CO[Si](C)(C)C(C)(C)C)CC1c1cccc(-c2ccccc2)c1. The minimum absolute atomic E-state index is 0.0250. The number of piperidine rings is 1. The van der Waals surface area contributed by atoms with E-state index in [9.17, 15) is 9.59 Å². The van der Waals surface area contributed by atoms with Crippen molar-refractivity contribution in [3.63, 3.8) is 0 Å². The van der Waals surface area contributed by atoms with E-state index in [4.69, 9.17) is 13.9 Å². The molecule has 3 aromatic carbocycles. The highest BCUT2D eigenvalue weighted by molar-refractivity contribution is 6.74. The summed E-state index contributed by atoms with van der Waals surface area (Å²) >= 11 is 0. The van der Waals surface area contributed by atoms with Crippen LogP contribution in [0, 0.1) is 5.92 Å². The van der Waals surface area contributed by atoms with Gasteiger partial charge in [-0.15, -0.1) is 0 Å². The van der Waals surface area contributed by atoms with Crippen molar-refractivity contribution >= 4 is 20.4 Å². The second kappa shape index (κ2) is 13.7. The van der Waals surface area contributed by atoms with E-state index in [-0.39, 0.29) is 42.7 Å². The number of carbonyl (C=O) groups is 2. The molecule has 1 heterocycles. The Hall–Kier alpha value is -3.42. The van der Waals surface area contributed by atoms with Crippen molar-refractivity contribution in [1.29, 1.82) is 0 Å². The van der Waals surface area contributed by atoms with Gasteiger partial charge in [0.1, 0.15) is 6.61 Å². The average molecular weight is 588 g/mol. The summed E-state index contributed by atoms with van der Waals surface area (Å²) in [6, 6.07) is 28.0. The summed E-state index contributed by atoms with van der Waals surface area (Å²) in [5.41, 5.74) is 4.18. The van der Waals surface area contributed by atoms with Gasteiger partial charge in [-0.1, -0.05) is 106 Å². The van der Waals surface area contributed by atoms with Crippen LogP contribution in [0.25, 0.3) is 11.1 Å². The lowest BCUT2D eigenvalue weighted by atomic mass is 9.77. The van der Waals surface area contributed by atoms with Gasteiger partial charge in [0.15, 0.2) is 8.32 Å². The Bertz CT molecular complexity index is 1320. The number of nitrogens with zero attached hydrogens (tertiary/aromatic N) is 1. The molecule has 3 atom stereocenters. The van der Waals surface area contributed by atoms with Gasteiger partial charge >= 0.3 is 12.1 Å². The molecule has 0 radical (unpaired) electrons. The van der Waals surface area contributed by atoms with E-state index in [0.717, 1.165) is 22.3 Å². The molecule has 0 saturated carbocycles. The van der Waals surface area contributed by atoms with Crippen LogP contribution < -0.4 is 0 Å². The maximum atomic E-state index is 13.6. The fourth-order valence-electron chi connectivity index (χ4n) is 5.21. The van der Waals surface area contributed by atoms with E-state index in [1.807, 2.05) is 61.5 Å². The van der Waals surface area contributed by atoms with Gasteiger partial charge < -0.3 is 18.8 Å². The van der Waals surface area contributed by atoms with Gasteiger partial charge in [-0.2, -0.15) is 0 Å². The average Bonchev–Trinajstić information content (AvgIpc) is 2.99. The Morgan fingerprint density at radius 3 is 2.17 bits per heavy atom. The molecule has 6 nitrogen and oxygen atoms in total. The van der Waals surface area contributed by atoms with E-state index in [1.165, 1.54) is 0 Å². The second-order valence-corrected chi connectivity index (χ2v) is 17.4. The van der Waals surface area contributed by atoms with Crippen LogP contribution in [0.15, 0.2) is 84.9 Å². The summed E-state index contributed by atoms with van der Waals surface area (Å²) in [5.74, 6) is -0.958. The fourth-order valence-corrected chi connectivity index (χ4v) is 6.26. The molecule has 1 fully saturated rings. The van der Waals surface area contributed by atoms with Crippen LogP contribution >= 0.6 is 0 Å². The van der Waals surface area contributed by atoms with Crippen molar-refractivity contribution < 1.29 is 23.5 Å². The first-order valence-corrected chi connectivity index (χ1v) is 17.8. The molecule has 3 aromatic rings. The number of likely N-dealkylation sites (tertiary alicyclic amines) is 1. The largest absolute Gasteiger partial charge is 0.466 e. The Morgan fingerprint density at radius 1 is 0.881 bits per heavy atom. The molecule has 0 N–H and O–H groups in total. The van der Waals surface area contributed by atoms with Crippen molar-refractivity contribution in [3.05, 3.63) is 96.1 Å². The third-order valence-electron chi connectivity index (χ3n) is 8.74. The predicted molar refractivity (Wildman–Crippen MR) is 170 cm³/mol. The van der Waals surface area contributed by atoms with E-state index < -0.39 is 20.3 Å². The first-order chi connectivity index (χ1) is 20.0. The minimum atomic E-state index is -2.10. The quantitative estimate of drug-likeness (QED) is 0.187. The molecule has 7 heteroatoms. The van der Waals surface area contributed by atoms with Gasteiger partial charge in [0.05, 0.1) is 25.2 Å². The molecular formula is C35H45NO5Si. The standard InChI is InChI=1S/C35H45NO5Si/c1-7-39-33(37)32-23-36(34(38)40-24-26-15-10-8-11-16-26)30(25-41-42(5,6)35(2,3)4)22-31(32)29-20-14-19-28(21-29)27-17-12-9-13-18-27/h8-21,30-32H,7,22-25H2,1-6H3. The zero-order valence-electron chi connectivity index (χ0n) is 25.8. The highest BCUT2D eigenvalue weighted by Crippen LogP contribution is 2.41. The molecule has 1 amide bonds. The third-order valence-corrected chi connectivity index (χ3v) is 13.2. The molecule has 42 heavy (non-hydrogen) atoms. The van der Waals surface area contributed by atoms with Crippen LogP contribution in [-0.4, -0.2) is 51.1 Å². The Kier molecular flexibility index (Phi) is 10.3. The van der Waals surface area contributed by atoms with Crippen molar-refractivity contribution in [2.24, 2.45) is 5.92 Å². The molecular weight excluding hydrogens is 542 g/mol. The maximum Gasteiger partial charge on any atom is 0.410 e. The minimum Gasteiger partial charge on any atom is -0.466 e. The highest BCUT2D eigenvalue weighted by Gasteiger charge is 2.45. The Labute approximate surface area is 252 Å². The lowest BCUT2D eigenvalue weighted by molar-refractivity contribution is -0.151. The van der Waals surface area contributed by atoms with Gasteiger partial charge in [0.2, 0.25) is 0 Å². The molecule has 1 aliphatic heterocycles. The van der Waals surface area contributed by atoms with Crippen LogP contribution in [-0.2, 0) is 25.3 Å². The van der Waals surface area contributed by atoms with Crippen molar-refractivity contribution in [2.75, 3.05) is 19.8 Å². The summed E-state index contributed by atoms with van der Waals surface area (Å²) in [5, 5.41) is 0.0250. The van der Waals surface area contributed by atoms with Gasteiger partial charge in [0, 0.05) is 12.5 Å². The molecule has 0 aromatic heterocycles. The highest BCUT2D eigenvalue weighted by atomic mass is 28.4. The van der Waals surface area contributed by atoms with Crippen LogP contribution in [0.2, 0.25) is 18.1 Å². The van der Waals surface area contributed by atoms with Crippen LogP contribution in [0.3, 0.4) is 0 Å². The number of ether oxygens (including phenoxy) is 2. The number of rotatable bonds is 9. The van der Waals surface area contributed by atoms with Crippen molar-refractivity contribution in [1.82, 2.24) is 4.90 Å². The molecule has 0 bridgehead atoms. The number of esters is 1. The summed E-state index contributed by atoms with van der Waals surface area (Å²) in [4.78, 5) is 28.7. The summed E-state index contributed by atoms with van der Waals surface area (Å²) < 4.78 is 18.0. The summed E-state index contributed by atoms with van der Waals surface area (Å²) in [6.45, 7) is 13.9. The van der Waals surface area contributed by atoms with E-state index >= 15 is 0 Å². The first kappa shape index (κ1) is 31.5. The molecule has 0 aliphatic carbocycles. The zero-order chi connectivity index (χ0) is 30.3. The molecule has 4 rings (SSSR count). The van der Waals surface area contributed by atoms with E-state index in [2.05, 4.69) is 64.2 Å². The molecule has 224 valence electrons. The number of amides is 1.